The second kappa shape index (κ2) is 3.34. The molecule has 1 nitrogen and oxygen atoms in total. The Morgan fingerprint density at radius 2 is 2.00 bits per heavy atom. The summed E-state index contributed by atoms with van der Waals surface area (Å²) in [5, 5.41) is 0. The van der Waals surface area contributed by atoms with Crippen LogP contribution in [0.3, 0.4) is 0 Å². The standard InChI is InChI=1S/C14H14O/c15-14-12-8-4-7-11(12)13(14)9-10-5-2-1-3-6-10/h1-7,11-13H,8-9H2/t11-,12+,13+/m1/s1. The third kappa shape index (κ3) is 1.34. The number of ketones is 1. The first kappa shape index (κ1) is 8.90. The summed E-state index contributed by atoms with van der Waals surface area (Å²) in [5.41, 5.74) is 1.29. The van der Waals surface area contributed by atoms with E-state index in [-0.39, 0.29) is 5.92 Å². The van der Waals surface area contributed by atoms with E-state index in [4.69, 9.17) is 0 Å². The van der Waals surface area contributed by atoms with Crippen molar-refractivity contribution in [3.8, 4) is 0 Å². The van der Waals surface area contributed by atoms with Crippen molar-refractivity contribution in [2.75, 3.05) is 0 Å². The van der Waals surface area contributed by atoms with Crippen molar-refractivity contribution in [2.45, 2.75) is 12.8 Å². The van der Waals surface area contributed by atoms with Crippen LogP contribution >= 0.6 is 0 Å². The van der Waals surface area contributed by atoms with Crippen molar-refractivity contribution in [1.82, 2.24) is 0 Å². The molecule has 0 amide bonds. The largest absolute Gasteiger partial charge is 0.299 e. The average Bonchev–Trinajstić information content (AvgIpc) is 2.72. The molecule has 0 bridgehead atoms. The first-order valence-corrected chi connectivity index (χ1v) is 5.60. The summed E-state index contributed by atoms with van der Waals surface area (Å²) in [5.74, 6) is 1.61. The van der Waals surface area contributed by atoms with Crippen molar-refractivity contribution in [3.05, 3.63) is 48.0 Å². The molecule has 1 heteroatoms. The highest BCUT2D eigenvalue weighted by Crippen LogP contribution is 2.45. The van der Waals surface area contributed by atoms with Crippen molar-refractivity contribution >= 4 is 5.78 Å². The number of fused-ring (bicyclic) bond motifs is 1. The third-order valence-corrected chi connectivity index (χ3v) is 3.71. The molecule has 0 N–H and O–H groups in total. The van der Waals surface area contributed by atoms with Crippen molar-refractivity contribution in [2.24, 2.45) is 17.8 Å². The Morgan fingerprint density at radius 3 is 2.80 bits per heavy atom. The van der Waals surface area contributed by atoms with E-state index in [2.05, 4.69) is 24.3 Å². The quantitative estimate of drug-likeness (QED) is 0.668. The van der Waals surface area contributed by atoms with Crippen LogP contribution in [0.5, 0.6) is 0 Å². The molecular formula is C14H14O. The number of rotatable bonds is 2. The summed E-state index contributed by atoms with van der Waals surface area (Å²) in [6, 6.07) is 10.3. The van der Waals surface area contributed by atoms with Gasteiger partial charge in [-0.25, -0.2) is 0 Å². The summed E-state index contributed by atoms with van der Waals surface area (Å²) in [6.45, 7) is 0. The lowest BCUT2D eigenvalue weighted by molar-refractivity contribution is -0.139. The summed E-state index contributed by atoms with van der Waals surface area (Å²) in [6.07, 6.45) is 6.30. The maximum absolute atomic E-state index is 11.8. The number of Topliss-reactive ketones (excluding diaryl/α,β-unsaturated/α-hetero) is 1. The highest BCUT2D eigenvalue weighted by Gasteiger charge is 2.48. The molecule has 0 aliphatic heterocycles. The molecule has 1 fully saturated rings. The molecule has 3 atom stereocenters. The number of benzene rings is 1. The molecule has 1 aromatic carbocycles. The molecule has 0 saturated heterocycles. The lowest BCUT2D eigenvalue weighted by Gasteiger charge is -2.38. The number of allylic oxidation sites excluding steroid dienone is 2. The summed E-state index contributed by atoms with van der Waals surface area (Å²) < 4.78 is 0. The lowest BCUT2D eigenvalue weighted by Crippen LogP contribution is -2.45. The second-order valence-electron chi connectivity index (χ2n) is 4.55. The molecule has 76 valence electrons. The van der Waals surface area contributed by atoms with Gasteiger partial charge >= 0.3 is 0 Å². The summed E-state index contributed by atoms with van der Waals surface area (Å²) >= 11 is 0. The van der Waals surface area contributed by atoms with Crippen LogP contribution < -0.4 is 0 Å². The van der Waals surface area contributed by atoms with Gasteiger partial charge in [0.25, 0.3) is 0 Å². The summed E-state index contributed by atoms with van der Waals surface area (Å²) in [4.78, 5) is 11.8. The Morgan fingerprint density at radius 1 is 1.20 bits per heavy atom. The third-order valence-electron chi connectivity index (χ3n) is 3.71. The van der Waals surface area contributed by atoms with E-state index in [0.29, 0.717) is 17.6 Å². The van der Waals surface area contributed by atoms with E-state index in [9.17, 15) is 4.79 Å². The fraction of sp³-hybridized carbons (Fsp3) is 0.357. The van der Waals surface area contributed by atoms with E-state index in [0.717, 1.165) is 12.8 Å². The minimum absolute atomic E-state index is 0.260. The predicted octanol–water partition coefficient (Wildman–Crippen LogP) is 2.62. The Balaban J connectivity index is 1.75. The number of carbonyl (C=O) groups excluding carboxylic acids is 1. The minimum Gasteiger partial charge on any atom is -0.299 e. The molecular weight excluding hydrogens is 184 g/mol. The fourth-order valence-electron chi connectivity index (χ4n) is 2.84. The first-order valence-electron chi connectivity index (χ1n) is 5.60. The number of hydrogen-bond acceptors (Lipinski definition) is 1. The van der Waals surface area contributed by atoms with Crippen LogP contribution in [0.25, 0.3) is 0 Å². The van der Waals surface area contributed by atoms with E-state index in [1.165, 1.54) is 5.56 Å². The van der Waals surface area contributed by atoms with Gasteiger partial charge in [0, 0.05) is 11.8 Å². The molecule has 2 aliphatic carbocycles. The van der Waals surface area contributed by atoms with Gasteiger partial charge in [0.05, 0.1) is 0 Å². The average molecular weight is 198 g/mol. The van der Waals surface area contributed by atoms with Crippen molar-refractivity contribution < 1.29 is 4.79 Å². The zero-order chi connectivity index (χ0) is 10.3. The first-order chi connectivity index (χ1) is 7.36. The van der Waals surface area contributed by atoms with Crippen LogP contribution in [0.4, 0.5) is 0 Å². The normalized spacial score (nSPS) is 32.5. The Bertz CT molecular complexity index is 405. The van der Waals surface area contributed by atoms with Gasteiger partial charge in [-0.1, -0.05) is 42.5 Å². The van der Waals surface area contributed by atoms with E-state index in [1.54, 1.807) is 0 Å². The van der Waals surface area contributed by atoms with Gasteiger partial charge in [-0.15, -0.1) is 0 Å². The van der Waals surface area contributed by atoms with Crippen LogP contribution in [0.15, 0.2) is 42.5 Å². The molecule has 2 aliphatic rings. The van der Waals surface area contributed by atoms with Crippen LogP contribution in [0.2, 0.25) is 0 Å². The zero-order valence-electron chi connectivity index (χ0n) is 8.60. The van der Waals surface area contributed by atoms with Gasteiger partial charge in [-0.3, -0.25) is 4.79 Å². The lowest BCUT2D eigenvalue weighted by atomic mass is 9.63. The molecule has 1 aromatic rings. The van der Waals surface area contributed by atoms with Gasteiger partial charge < -0.3 is 0 Å². The van der Waals surface area contributed by atoms with Gasteiger partial charge in [-0.2, -0.15) is 0 Å². The maximum atomic E-state index is 11.8. The molecule has 0 radical (unpaired) electrons. The van der Waals surface area contributed by atoms with Crippen molar-refractivity contribution in [1.29, 1.82) is 0 Å². The molecule has 3 rings (SSSR count). The molecule has 0 heterocycles. The fourth-order valence-corrected chi connectivity index (χ4v) is 2.84. The zero-order valence-corrected chi connectivity index (χ0v) is 8.60. The topological polar surface area (TPSA) is 17.1 Å². The van der Waals surface area contributed by atoms with Crippen LogP contribution in [-0.2, 0) is 11.2 Å². The number of carbonyl (C=O) groups is 1. The van der Waals surface area contributed by atoms with E-state index in [1.807, 2.05) is 18.2 Å². The van der Waals surface area contributed by atoms with Gasteiger partial charge in [0.1, 0.15) is 5.78 Å². The van der Waals surface area contributed by atoms with Gasteiger partial charge in [0.2, 0.25) is 0 Å². The molecule has 15 heavy (non-hydrogen) atoms. The molecule has 0 spiro atoms. The number of hydrogen-bond donors (Lipinski definition) is 0. The van der Waals surface area contributed by atoms with Crippen LogP contribution in [-0.4, -0.2) is 5.78 Å². The predicted molar refractivity (Wildman–Crippen MR) is 59.4 cm³/mol. The van der Waals surface area contributed by atoms with Gasteiger partial charge in [-0.05, 0) is 24.3 Å². The van der Waals surface area contributed by atoms with Crippen LogP contribution in [0.1, 0.15) is 12.0 Å². The highest BCUT2D eigenvalue weighted by molar-refractivity contribution is 5.91. The summed E-state index contributed by atoms with van der Waals surface area (Å²) in [7, 11) is 0. The van der Waals surface area contributed by atoms with E-state index < -0.39 is 0 Å². The Kier molecular flexibility index (Phi) is 1.98. The SMILES string of the molecule is O=C1[C@H]2CC=C[C@H]2[C@@H]1Cc1ccccc1. The second-order valence-corrected chi connectivity index (χ2v) is 4.55. The highest BCUT2D eigenvalue weighted by atomic mass is 16.1. The van der Waals surface area contributed by atoms with Crippen LogP contribution in [0, 0.1) is 17.8 Å². The Labute approximate surface area is 89.8 Å². The smallest absolute Gasteiger partial charge is 0.140 e. The molecule has 0 unspecified atom stereocenters. The monoisotopic (exact) mass is 198 g/mol. The maximum Gasteiger partial charge on any atom is 0.140 e. The Hall–Kier alpha value is -1.37. The van der Waals surface area contributed by atoms with Crippen molar-refractivity contribution in [3.63, 3.8) is 0 Å². The van der Waals surface area contributed by atoms with E-state index >= 15 is 0 Å². The minimum atomic E-state index is 0.260. The molecule has 1 saturated carbocycles. The molecule has 0 aromatic heterocycles. The van der Waals surface area contributed by atoms with Gasteiger partial charge in [0.15, 0.2) is 0 Å².